The summed E-state index contributed by atoms with van der Waals surface area (Å²) >= 11 is 0. The molecule has 1 fully saturated rings. The third-order valence-corrected chi connectivity index (χ3v) is 3.93. The van der Waals surface area contributed by atoms with Crippen molar-refractivity contribution in [2.45, 2.75) is 70.9 Å². The Kier molecular flexibility index (Phi) is 5.38. The lowest BCUT2D eigenvalue weighted by atomic mass is 9.74. The molecule has 0 aromatic heterocycles. The molecular formula is C13H26O4. The largest absolute Gasteiger partial charge is 0.396 e. The van der Waals surface area contributed by atoms with E-state index in [1.807, 2.05) is 20.8 Å². The van der Waals surface area contributed by atoms with Gasteiger partial charge in [-0.25, -0.2) is 0 Å². The first kappa shape index (κ1) is 14.9. The lowest BCUT2D eigenvalue weighted by Gasteiger charge is -2.46. The molecular weight excluding hydrogens is 220 g/mol. The molecule has 4 nitrogen and oxygen atoms in total. The van der Waals surface area contributed by atoms with E-state index >= 15 is 0 Å². The molecule has 102 valence electrons. The molecule has 0 aromatic carbocycles. The van der Waals surface area contributed by atoms with Crippen molar-refractivity contribution in [3.8, 4) is 0 Å². The van der Waals surface area contributed by atoms with Crippen LogP contribution in [0.1, 0.15) is 46.5 Å². The zero-order chi connectivity index (χ0) is 13.1. The molecule has 4 heteroatoms. The van der Waals surface area contributed by atoms with Crippen LogP contribution in [0.5, 0.6) is 0 Å². The monoisotopic (exact) mass is 246 g/mol. The van der Waals surface area contributed by atoms with Crippen LogP contribution >= 0.6 is 0 Å². The summed E-state index contributed by atoms with van der Waals surface area (Å²) in [6, 6.07) is 0. The summed E-state index contributed by atoms with van der Waals surface area (Å²) in [5, 5.41) is 28.8. The smallest absolute Gasteiger partial charge is 0.0676 e. The van der Waals surface area contributed by atoms with Gasteiger partial charge in [0, 0.05) is 18.4 Å². The molecule has 0 radical (unpaired) electrons. The molecule has 1 aliphatic heterocycles. The third-order valence-electron chi connectivity index (χ3n) is 3.93. The van der Waals surface area contributed by atoms with Gasteiger partial charge in [0.05, 0.1) is 24.4 Å². The van der Waals surface area contributed by atoms with Crippen LogP contribution in [0.4, 0.5) is 0 Å². The van der Waals surface area contributed by atoms with Crippen LogP contribution in [0, 0.1) is 5.41 Å². The number of hydrogen-bond donors (Lipinski definition) is 3. The molecule has 0 spiro atoms. The standard InChI is InChI=1S/C13H26O4/c1-4-9(15)7-10-8-11(16)13(2,3)12(17-10)5-6-14/h9-12,14-16H,4-8H2,1-3H3/t9-,10-,11+,12+/m1/s1. The van der Waals surface area contributed by atoms with E-state index in [2.05, 4.69) is 0 Å². The van der Waals surface area contributed by atoms with Crippen molar-refractivity contribution in [2.24, 2.45) is 5.41 Å². The van der Waals surface area contributed by atoms with Crippen LogP contribution in [0.3, 0.4) is 0 Å². The Morgan fingerprint density at radius 2 is 2.06 bits per heavy atom. The summed E-state index contributed by atoms with van der Waals surface area (Å²) in [5.41, 5.74) is -0.337. The maximum Gasteiger partial charge on any atom is 0.0676 e. The van der Waals surface area contributed by atoms with Crippen molar-refractivity contribution in [3.05, 3.63) is 0 Å². The Morgan fingerprint density at radius 3 is 2.59 bits per heavy atom. The second-order valence-electron chi connectivity index (χ2n) is 5.63. The van der Waals surface area contributed by atoms with Crippen LogP contribution in [-0.4, -0.2) is 46.3 Å². The molecule has 0 unspecified atom stereocenters. The molecule has 4 atom stereocenters. The Balaban J connectivity index is 2.63. The first-order valence-electron chi connectivity index (χ1n) is 6.54. The van der Waals surface area contributed by atoms with Crippen LogP contribution < -0.4 is 0 Å². The molecule has 17 heavy (non-hydrogen) atoms. The Bertz CT molecular complexity index is 229. The van der Waals surface area contributed by atoms with Crippen LogP contribution in [0.2, 0.25) is 0 Å². The molecule has 1 saturated heterocycles. The molecule has 0 aliphatic carbocycles. The number of aliphatic hydroxyl groups excluding tert-OH is 3. The average molecular weight is 246 g/mol. The summed E-state index contributed by atoms with van der Waals surface area (Å²) in [7, 11) is 0. The van der Waals surface area contributed by atoms with Crippen molar-refractivity contribution in [1.29, 1.82) is 0 Å². The molecule has 1 heterocycles. The Morgan fingerprint density at radius 1 is 1.41 bits per heavy atom. The normalized spacial score (nSPS) is 34.6. The van der Waals surface area contributed by atoms with Crippen molar-refractivity contribution >= 4 is 0 Å². The first-order chi connectivity index (χ1) is 7.91. The highest BCUT2D eigenvalue weighted by Gasteiger charge is 2.43. The lowest BCUT2D eigenvalue weighted by molar-refractivity contribution is -0.184. The SMILES string of the molecule is CC[C@@H](O)C[C@@H]1C[C@H](O)C(C)(C)[C@H](CCO)O1. The Labute approximate surface area is 104 Å². The topological polar surface area (TPSA) is 69.9 Å². The van der Waals surface area contributed by atoms with Crippen molar-refractivity contribution < 1.29 is 20.1 Å². The zero-order valence-electron chi connectivity index (χ0n) is 11.1. The van der Waals surface area contributed by atoms with Crippen LogP contribution in [0.25, 0.3) is 0 Å². The quantitative estimate of drug-likeness (QED) is 0.679. The predicted molar refractivity (Wildman–Crippen MR) is 65.7 cm³/mol. The molecule has 0 amide bonds. The van der Waals surface area contributed by atoms with E-state index in [-0.39, 0.29) is 30.3 Å². The minimum Gasteiger partial charge on any atom is -0.396 e. The number of aliphatic hydroxyl groups is 3. The van der Waals surface area contributed by atoms with Gasteiger partial charge in [-0.05, 0) is 19.3 Å². The second kappa shape index (κ2) is 6.14. The van der Waals surface area contributed by atoms with Gasteiger partial charge in [-0.3, -0.25) is 0 Å². The average Bonchev–Trinajstić information content (AvgIpc) is 2.26. The highest BCUT2D eigenvalue weighted by Crippen LogP contribution is 2.38. The van der Waals surface area contributed by atoms with Gasteiger partial charge in [0.15, 0.2) is 0 Å². The minimum atomic E-state index is -0.443. The number of ether oxygens (including phenoxy) is 1. The van der Waals surface area contributed by atoms with Gasteiger partial charge in [0.1, 0.15) is 0 Å². The first-order valence-corrected chi connectivity index (χ1v) is 6.54. The van der Waals surface area contributed by atoms with E-state index in [0.717, 1.165) is 0 Å². The van der Waals surface area contributed by atoms with Crippen molar-refractivity contribution in [1.82, 2.24) is 0 Å². The highest BCUT2D eigenvalue weighted by atomic mass is 16.5. The fourth-order valence-corrected chi connectivity index (χ4v) is 2.41. The van der Waals surface area contributed by atoms with Gasteiger partial charge in [-0.2, -0.15) is 0 Å². The highest BCUT2D eigenvalue weighted by molar-refractivity contribution is 4.92. The van der Waals surface area contributed by atoms with Gasteiger partial charge in [-0.15, -0.1) is 0 Å². The van der Waals surface area contributed by atoms with Crippen LogP contribution in [0.15, 0.2) is 0 Å². The third kappa shape index (κ3) is 3.65. The zero-order valence-corrected chi connectivity index (χ0v) is 11.1. The van der Waals surface area contributed by atoms with Gasteiger partial charge < -0.3 is 20.1 Å². The lowest BCUT2D eigenvalue weighted by Crippen LogP contribution is -2.51. The van der Waals surface area contributed by atoms with Crippen molar-refractivity contribution in [2.75, 3.05) is 6.61 Å². The molecule has 0 bridgehead atoms. The molecule has 0 aromatic rings. The van der Waals surface area contributed by atoms with Gasteiger partial charge >= 0.3 is 0 Å². The van der Waals surface area contributed by atoms with Gasteiger partial charge in [0.25, 0.3) is 0 Å². The fourth-order valence-electron chi connectivity index (χ4n) is 2.41. The molecule has 1 rings (SSSR count). The summed E-state index contributed by atoms with van der Waals surface area (Å²) in [6.45, 7) is 5.91. The van der Waals surface area contributed by atoms with E-state index in [9.17, 15) is 10.2 Å². The number of hydrogen-bond acceptors (Lipinski definition) is 4. The van der Waals surface area contributed by atoms with E-state index in [1.165, 1.54) is 0 Å². The predicted octanol–water partition coefficient (Wildman–Crippen LogP) is 1.07. The second-order valence-corrected chi connectivity index (χ2v) is 5.63. The summed E-state index contributed by atoms with van der Waals surface area (Å²) in [4.78, 5) is 0. The van der Waals surface area contributed by atoms with Crippen molar-refractivity contribution in [3.63, 3.8) is 0 Å². The molecule has 1 aliphatic rings. The molecule has 3 N–H and O–H groups in total. The van der Waals surface area contributed by atoms with Gasteiger partial charge in [0.2, 0.25) is 0 Å². The Hall–Kier alpha value is -0.160. The maximum atomic E-state index is 10.1. The van der Waals surface area contributed by atoms with E-state index < -0.39 is 6.10 Å². The fraction of sp³-hybridized carbons (Fsp3) is 1.00. The summed E-state index contributed by atoms with van der Waals surface area (Å²) < 4.78 is 5.90. The maximum absolute atomic E-state index is 10.1. The van der Waals surface area contributed by atoms with Gasteiger partial charge in [-0.1, -0.05) is 20.8 Å². The van der Waals surface area contributed by atoms with E-state index in [4.69, 9.17) is 9.84 Å². The van der Waals surface area contributed by atoms with Crippen LogP contribution in [-0.2, 0) is 4.74 Å². The molecule has 0 saturated carbocycles. The summed E-state index contributed by atoms with van der Waals surface area (Å²) in [5.74, 6) is 0. The minimum absolute atomic E-state index is 0.0594. The van der Waals surface area contributed by atoms with E-state index in [0.29, 0.717) is 25.7 Å². The summed E-state index contributed by atoms with van der Waals surface area (Å²) in [6.07, 6.45) is 1.28. The number of rotatable bonds is 5. The van der Waals surface area contributed by atoms with E-state index in [1.54, 1.807) is 0 Å².